The maximum absolute atomic E-state index is 12.4. The van der Waals surface area contributed by atoms with E-state index in [4.69, 9.17) is 23.2 Å². The largest absolute Gasteiger partial charge is 0.312 e. The molecule has 1 aliphatic rings. The second kappa shape index (κ2) is 6.63. The lowest BCUT2D eigenvalue weighted by atomic mass is 10.3. The van der Waals surface area contributed by atoms with Crippen LogP contribution in [0.1, 0.15) is 12.8 Å². The summed E-state index contributed by atoms with van der Waals surface area (Å²) in [5.74, 6) is 0.0551. The van der Waals surface area contributed by atoms with Gasteiger partial charge in [-0.1, -0.05) is 23.2 Å². The van der Waals surface area contributed by atoms with Crippen molar-refractivity contribution in [2.24, 2.45) is 0 Å². The fourth-order valence-electron chi connectivity index (χ4n) is 2.50. The molecule has 1 N–H and O–H groups in total. The van der Waals surface area contributed by atoms with Gasteiger partial charge in [0.05, 0.1) is 20.6 Å². The van der Waals surface area contributed by atoms with Gasteiger partial charge in [0.15, 0.2) is 0 Å². The van der Waals surface area contributed by atoms with Crippen LogP contribution < -0.4 is 9.62 Å². The lowest BCUT2D eigenvalue weighted by Crippen LogP contribution is -2.23. The summed E-state index contributed by atoms with van der Waals surface area (Å²) in [6, 6.07) is 10.7. The van der Waals surface area contributed by atoms with Crippen LogP contribution in [0, 0.1) is 0 Å². The maximum Gasteiger partial charge on any atom is 0.261 e. The monoisotopic (exact) mass is 384 g/mol. The van der Waals surface area contributed by atoms with Crippen molar-refractivity contribution in [3.05, 3.63) is 52.5 Å². The molecule has 1 amide bonds. The molecule has 1 saturated heterocycles. The number of nitrogens with one attached hydrogen (secondary N) is 1. The van der Waals surface area contributed by atoms with Gasteiger partial charge in [-0.25, -0.2) is 8.42 Å². The molecule has 24 heavy (non-hydrogen) atoms. The van der Waals surface area contributed by atoms with Gasteiger partial charge in [0.1, 0.15) is 0 Å². The van der Waals surface area contributed by atoms with Crippen LogP contribution in [0.3, 0.4) is 0 Å². The summed E-state index contributed by atoms with van der Waals surface area (Å²) in [6.45, 7) is 0.659. The quantitative estimate of drug-likeness (QED) is 0.868. The van der Waals surface area contributed by atoms with E-state index < -0.39 is 10.0 Å². The van der Waals surface area contributed by atoms with Crippen LogP contribution in [-0.2, 0) is 14.8 Å². The Morgan fingerprint density at radius 3 is 2.29 bits per heavy atom. The van der Waals surface area contributed by atoms with Crippen molar-refractivity contribution < 1.29 is 13.2 Å². The molecule has 0 bridgehead atoms. The van der Waals surface area contributed by atoms with E-state index in [1.165, 1.54) is 30.3 Å². The zero-order valence-electron chi connectivity index (χ0n) is 12.5. The first-order chi connectivity index (χ1) is 11.4. The molecule has 1 fully saturated rings. The number of halogens is 2. The standard InChI is InChI=1S/C16H14Cl2N2O3S/c17-14-8-3-11(10-15(14)18)19-24(22,23)13-6-4-12(5-7-13)20-9-1-2-16(20)21/h3-8,10,19H,1-2,9H2. The lowest BCUT2D eigenvalue weighted by molar-refractivity contribution is -0.117. The van der Waals surface area contributed by atoms with E-state index in [9.17, 15) is 13.2 Å². The Balaban J connectivity index is 1.81. The normalized spacial score (nSPS) is 14.9. The molecule has 8 heteroatoms. The van der Waals surface area contributed by atoms with Crippen molar-refractivity contribution in [1.82, 2.24) is 0 Å². The summed E-state index contributed by atoms with van der Waals surface area (Å²) >= 11 is 11.7. The Labute approximate surface area is 150 Å². The van der Waals surface area contributed by atoms with Crippen LogP contribution in [0.2, 0.25) is 10.0 Å². The Bertz CT molecular complexity index is 883. The minimum Gasteiger partial charge on any atom is -0.312 e. The zero-order valence-corrected chi connectivity index (χ0v) is 14.8. The lowest BCUT2D eigenvalue weighted by Gasteiger charge is -2.16. The molecular formula is C16H14Cl2N2O3S. The third-order valence-electron chi connectivity index (χ3n) is 3.70. The smallest absolute Gasteiger partial charge is 0.261 e. The van der Waals surface area contributed by atoms with Gasteiger partial charge in [-0.05, 0) is 48.9 Å². The number of benzene rings is 2. The topological polar surface area (TPSA) is 66.5 Å². The number of carbonyl (C=O) groups is 1. The van der Waals surface area contributed by atoms with Gasteiger partial charge in [0, 0.05) is 18.7 Å². The van der Waals surface area contributed by atoms with Gasteiger partial charge in [-0.15, -0.1) is 0 Å². The van der Waals surface area contributed by atoms with E-state index in [1.807, 2.05) is 0 Å². The number of sulfonamides is 1. The molecule has 0 aliphatic carbocycles. The average Bonchev–Trinajstić information content (AvgIpc) is 2.97. The Kier molecular flexibility index (Phi) is 4.71. The first kappa shape index (κ1) is 17.1. The van der Waals surface area contributed by atoms with Crippen molar-refractivity contribution in [3.63, 3.8) is 0 Å². The third-order valence-corrected chi connectivity index (χ3v) is 5.84. The number of anilines is 2. The van der Waals surface area contributed by atoms with Crippen LogP contribution in [0.5, 0.6) is 0 Å². The van der Waals surface area contributed by atoms with Crippen molar-refractivity contribution in [1.29, 1.82) is 0 Å². The van der Waals surface area contributed by atoms with Gasteiger partial charge in [0.2, 0.25) is 5.91 Å². The summed E-state index contributed by atoms with van der Waals surface area (Å²) in [6.07, 6.45) is 1.34. The first-order valence-electron chi connectivity index (χ1n) is 7.25. The van der Waals surface area contributed by atoms with E-state index in [2.05, 4.69) is 4.72 Å². The Morgan fingerprint density at radius 1 is 1.00 bits per heavy atom. The predicted octanol–water partition coefficient (Wildman–Crippen LogP) is 3.92. The highest BCUT2D eigenvalue weighted by Gasteiger charge is 2.22. The van der Waals surface area contributed by atoms with Crippen LogP contribution in [-0.4, -0.2) is 20.9 Å². The molecule has 0 atom stereocenters. The minimum atomic E-state index is -3.75. The molecule has 3 rings (SSSR count). The highest BCUT2D eigenvalue weighted by molar-refractivity contribution is 7.92. The van der Waals surface area contributed by atoms with E-state index in [-0.39, 0.29) is 15.8 Å². The van der Waals surface area contributed by atoms with Gasteiger partial charge in [0.25, 0.3) is 10.0 Å². The molecule has 1 heterocycles. The molecule has 1 aliphatic heterocycles. The Hall–Kier alpha value is -1.76. The number of nitrogens with zero attached hydrogens (tertiary/aromatic N) is 1. The third kappa shape index (κ3) is 3.50. The SMILES string of the molecule is O=C1CCCN1c1ccc(S(=O)(=O)Nc2ccc(Cl)c(Cl)c2)cc1. The highest BCUT2D eigenvalue weighted by Crippen LogP contribution is 2.27. The van der Waals surface area contributed by atoms with Gasteiger partial charge in [-0.3, -0.25) is 9.52 Å². The number of rotatable bonds is 4. The van der Waals surface area contributed by atoms with Crippen molar-refractivity contribution in [3.8, 4) is 0 Å². The van der Waals surface area contributed by atoms with Gasteiger partial charge < -0.3 is 4.90 Å². The zero-order chi connectivity index (χ0) is 17.3. The van der Waals surface area contributed by atoms with Crippen LogP contribution in [0.4, 0.5) is 11.4 Å². The summed E-state index contributed by atoms with van der Waals surface area (Å²) < 4.78 is 27.3. The Morgan fingerprint density at radius 2 is 1.71 bits per heavy atom. The fourth-order valence-corrected chi connectivity index (χ4v) is 3.85. The molecule has 0 aromatic heterocycles. The number of hydrogen-bond acceptors (Lipinski definition) is 3. The molecule has 2 aromatic carbocycles. The first-order valence-corrected chi connectivity index (χ1v) is 9.49. The summed E-state index contributed by atoms with van der Waals surface area (Å²) in [4.78, 5) is 13.5. The summed E-state index contributed by atoms with van der Waals surface area (Å²) in [5, 5.41) is 0.610. The number of hydrogen-bond donors (Lipinski definition) is 1. The molecule has 0 saturated carbocycles. The fraction of sp³-hybridized carbons (Fsp3) is 0.188. The van der Waals surface area contributed by atoms with Crippen molar-refractivity contribution in [2.75, 3.05) is 16.2 Å². The van der Waals surface area contributed by atoms with Crippen molar-refractivity contribution >= 4 is 50.5 Å². The van der Waals surface area contributed by atoms with Gasteiger partial charge >= 0.3 is 0 Å². The van der Waals surface area contributed by atoms with Crippen molar-refractivity contribution in [2.45, 2.75) is 17.7 Å². The van der Waals surface area contributed by atoms with E-state index in [0.717, 1.165) is 6.42 Å². The molecule has 126 valence electrons. The van der Waals surface area contributed by atoms with Crippen LogP contribution >= 0.6 is 23.2 Å². The molecule has 0 radical (unpaired) electrons. The number of amides is 1. The second-order valence-electron chi connectivity index (χ2n) is 5.38. The van der Waals surface area contributed by atoms with Gasteiger partial charge in [-0.2, -0.15) is 0 Å². The maximum atomic E-state index is 12.4. The summed E-state index contributed by atoms with van der Waals surface area (Å²) in [7, 11) is -3.75. The minimum absolute atomic E-state index is 0.0551. The molecule has 0 unspecified atom stereocenters. The summed E-state index contributed by atoms with van der Waals surface area (Å²) in [5.41, 5.74) is 1.02. The van der Waals surface area contributed by atoms with Crippen LogP contribution in [0.25, 0.3) is 0 Å². The second-order valence-corrected chi connectivity index (χ2v) is 7.87. The molecular weight excluding hydrogens is 371 g/mol. The predicted molar refractivity (Wildman–Crippen MR) is 95.3 cm³/mol. The molecule has 2 aromatic rings. The van der Waals surface area contributed by atoms with Crippen LogP contribution in [0.15, 0.2) is 47.4 Å². The van der Waals surface area contributed by atoms with E-state index >= 15 is 0 Å². The molecule has 5 nitrogen and oxygen atoms in total. The average molecular weight is 385 g/mol. The van der Waals surface area contributed by atoms with E-state index in [0.29, 0.717) is 29.4 Å². The molecule has 0 spiro atoms. The number of carbonyl (C=O) groups excluding carboxylic acids is 1. The highest BCUT2D eigenvalue weighted by atomic mass is 35.5. The van der Waals surface area contributed by atoms with E-state index in [1.54, 1.807) is 17.0 Å².